The number of rotatable bonds is 5. The van der Waals surface area contributed by atoms with Crippen LogP contribution in [-0.2, 0) is 16.0 Å². The molecule has 4 rings (SSSR count). The molecule has 1 aromatic carbocycles. The van der Waals surface area contributed by atoms with Crippen LogP contribution in [0.1, 0.15) is 25.3 Å². The maximum absolute atomic E-state index is 6.02. The summed E-state index contributed by atoms with van der Waals surface area (Å²) < 4.78 is 11.9. The van der Waals surface area contributed by atoms with E-state index in [0.29, 0.717) is 13.2 Å². The van der Waals surface area contributed by atoms with E-state index in [1.807, 2.05) is 25.1 Å². The number of pyridine rings is 1. The average molecular weight is 539 g/mol. The Bertz CT molecular complexity index is 885. The second-order valence-electron chi connectivity index (χ2n) is 8.13. The number of hydrogen-bond acceptors (Lipinski definition) is 5. The Kier molecular flexibility index (Phi) is 8.74. The van der Waals surface area contributed by atoms with E-state index < -0.39 is 0 Å². The number of nitrogens with zero attached hydrogens (tertiary/aromatic N) is 4. The summed E-state index contributed by atoms with van der Waals surface area (Å²) >= 11 is 0. The van der Waals surface area contributed by atoms with E-state index in [9.17, 15) is 0 Å². The number of anilines is 1. The highest BCUT2D eigenvalue weighted by atomic mass is 127. The molecule has 8 heteroatoms. The summed E-state index contributed by atoms with van der Waals surface area (Å²) in [5.74, 6) is 1.89. The lowest BCUT2D eigenvalue weighted by Gasteiger charge is -2.37. The Morgan fingerprint density at radius 3 is 2.77 bits per heavy atom. The number of nitrogens with one attached hydrogen (secondary N) is 1. The Morgan fingerprint density at radius 1 is 1.23 bits per heavy atom. The summed E-state index contributed by atoms with van der Waals surface area (Å²) in [5, 5.41) is 4.63. The molecule has 0 saturated carbocycles. The normalized spacial score (nSPS) is 21.8. The van der Waals surface area contributed by atoms with Gasteiger partial charge in [-0.1, -0.05) is 18.2 Å². The van der Waals surface area contributed by atoms with Crippen molar-refractivity contribution < 1.29 is 9.47 Å². The minimum Gasteiger partial charge on any atom is -0.375 e. The largest absolute Gasteiger partial charge is 0.375 e. The van der Waals surface area contributed by atoms with Crippen LogP contribution in [0.25, 0.3) is 10.9 Å². The average Bonchev–Trinajstić information content (AvgIpc) is 3.31. The number of halogens is 1. The third kappa shape index (κ3) is 5.78. The van der Waals surface area contributed by atoms with Gasteiger partial charge in [-0.3, -0.25) is 0 Å². The zero-order valence-electron chi connectivity index (χ0n) is 18.7. The highest BCUT2D eigenvalue weighted by Gasteiger charge is 2.32. The van der Waals surface area contributed by atoms with Crippen LogP contribution in [0.5, 0.6) is 0 Å². The van der Waals surface area contributed by atoms with Crippen molar-refractivity contribution in [2.45, 2.75) is 38.5 Å². The third-order valence-corrected chi connectivity index (χ3v) is 5.75. The minimum absolute atomic E-state index is 0. The fourth-order valence-corrected chi connectivity index (χ4v) is 4.17. The Balaban J connectivity index is 0.00000272. The smallest absolute Gasteiger partial charge is 0.194 e. The standard InChI is InChI=1S/C23H33N5O2.HI/c1-4-24-23(28-11-13-30-21(16-28)20-10-7-12-29-20)25-15-17-14-22(27(2)3)26-19-9-6-5-8-18(17)19;/h5-6,8-9,14,20-21H,4,7,10-13,15-16H2,1-3H3,(H,24,25);1H. The predicted molar refractivity (Wildman–Crippen MR) is 137 cm³/mol. The molecule has 170 valence electrons. The zero-order chi connectivity index (χ0) is 20.9. The van der Waals surface area contributed by atoms with E-state index in [-0.39, 0.29) is 36.2 Å². The molecule has 2 fully saturated rings. The van der Waals surface area contributed by atoms with Gasteiger partial charge in [0.1, 0.15) is 11.9 Å². The molecule has 0 spiro atoms. The van der Waals surface area contributed by atoms with E-state index in [4.69, 9.17) is 19.5 Å². The first-order chi connectivity index (χ1) is 14.7. The molecule has 7 nitrogen and oxygen atoms in total. The van der Waals surface area contributed by atoms with Crippen LogP contribution in [0.4, 0.5) is 5.82 Å². The van der Waals surface area contributed by atoms with Crippen molar-refractivity contribution in [2.75, 3.05) is 51.8 Å². The molecule has 0 bridgehead atoms. The number of fused-ring (bicyclic) bond motifs is 1. The topological polar surface area (TPSA) is 62.2 Å². The first kappa shape index (κ1) is 24.0. The molecular weight excluding hydrogens is 505 g/mol. The van der Waals surface area contributed by atoms with Crippen LogP contribution in [0.15, 0.2) is 35.3 Å². The quantitative estimate of drug-likeness (QED) is 0.358. The molecule has 1 aromatic heterocycles. The number of para-hydroxylation sites is 1. The highest BCUT2D eigenvalue weighted by molar-refractivity contribution is 14.0. The Morgan fingerprint density at radius 2 is 2.03 bits per heavy atom. The van der Waals surface area contributed by atoms with Crippen LogP contribution in [-0.4, -0.2) is 75.0 Å². The van der Waals surface area contributed by atoms with Gasteiger partial charge in [0.2, 0.25) is 0 Å². The first-order valence-corrected chi connectivity index (χ1v) is 11.0. The first-order valence-electron chi connectivity index (χ1n) is 11.0. The molecular formula is C23H34IN5O2. The van der Waals surface area contributed by atoms with Crippen molar-refractivity contribution in [1.82, 2.24) is 15.2 Å². The summed E-state index contributed by atoms with van der Waals surface area (Å²) in [7, 11) is 4.04. The van der Waals surface area contributed by atoms with Gasteiger partial charge in [-0.05, 0) is 37.5 Å². The third-order valence-electron chi connectivity index (χ3n) is 5.75. The van der Waals surface area contributed by atoms with Gasteiger partial charge in [-0.2, -0.15) is 0 Å². The van der Waals surface area contributed by atoms with Crippen molar-refractivity contribution >= 4 is 46.7 Å². The number of guanidine groups is 1. The number of aliphatic imine (C=N–C) groups is 1. The lowest BCUT2D eigenvalue weighted by Crippen LogP contribution is -2.53. The fraction of sp³-hybridized carbons (Fsp3) is 0.565. The van der Waals surface area contributed by atoms with Crippen molar-refractivity contribution in [1.29, 1.82) is 0 Å². The molecule has 0 radical (unpaired) electrons. The van der Waals surface area contributed by atoms with Crippen molar-refractivity contribution in [2.24, 2.45) is 4.99 Å². The van der Waals surface area contributed by atoms with Crippen LogP contribution in [0.2, 0.25) is 0 Å². The number of aromatic nitrogens is 1. The van der Waals surface area contributed by atoms with Crippen molar-refractivity contribution in [3.05, 3.63) is 35.9 Å². The molecule has 0 amide bonds. The molecule has 1 N–H and O–H groups in total. The van der Waals surface area contributed by atoms with Gasteiger partial charge >= 0.3 is 0 Å². The number of benzene rings is 1. The molecule has 2 unspecified atom stereocenters. The highest BCUT2D eigenvalue weighted by Crippen LogP contribution is 2.24. The van der Waals surface area contributed by atoms with E-state index in [1.54, 1.807) is 0 Å². The summed E-state index contributed by atoms with van der Waals surface area (Å²) in [6.45, 7) is 6.76. The minimum atomic E-state index is 0. The number of hydrogen-bond donors (Lipinski definition) is 1. The molecule has 2 atom stereocenters. The summed E-state index contributed by atoms with van der Waals surface area (Å²) in [6.07, 6.45) is 2.54. The van der Waals surface area contributed by atoms with Crippen LogP contribution in [0, 0.1) is 0 Å². The summed E-state index contributed by atoms with van der Waals surface area (Å²) in [5.41, 5.74) is 2.19. The van der Waals surface area contributed by atoms with E-state index in [1.165, 1.54) is 5.56 Å². The van der Waals surface area contributed by atoms with Crippen LogP contribution in [0.3, 0.4) is 0 Å². The van der Waals surface area contributed by atoms with Gasteiger partial charge in [0.15, 0.2) is 5.96 Å². The maximum Gasteiger partial charge on any atom is 0.194 e. The Hall–Kier alpha value is -1.65. The molecule has 0 aliphatic carbocycles. The SMILES string of the molecule is CCNC(=NCc1cc(N(C)C)nc2ccccc12)N1CCOC(C2CCCO2)C1.I. The summed E-state index contributed by atoms with van der Waals surface area (Å²) in [4.78, 5) is 14.1. The lowest BCUT2D eigenvalue weighted by atomic mass is 10.1. The van der Waals surface area contributed by atoms with Gasteiger partial charge in [0.05, 0.1) is 24.8 Å². The fourth-order valence-electron chi connectivity index (χ4n) is 4.17. The number of ether oxygens (including phenoxy) is 2. The maximum atomic E-state index is 6.02. The van der Waals surface area contributed by atoms with Crippen LogP contribution < -0.4 is 10.2 Å². The van der Waals surface area contributed by atoms with Gasteiger partial charge < -0.3 is 24.6 Å². The molecule has 31 heavy (non-hydrogen) atoms. The second kappa shape index (κ2) is 11.3. The predicted octanol–water partition coefficient (Wildman–Crippen LogP) is 3.26. The van der Waals surface area contributed by atoms with Gasteiger partial charge in [0, 0.05) is 45.7 Å². The zero-order valence-corrected chi connectivity index (χ0v) is 21.0. The van der Waals surface area contributed by atoms with E-state index >= 15 is 0 Å². The van der Waals surface area contributed by atoms with Crippen molar-refractivity contribution in [3.8, 4) is 0 Å². The van der Waals surface area contributed by atoms with Crippen molar-refractivity contribution in [3.63, 3.8) is 0 Å². The lowest BCUT2D eigenvalue weighted by molar-refractivity contribution is -0.0817. The molecule has 2 aromatic rings. The molecule has 2 aliphatic heterocycles. The summed E-state index contributed by atoms with van der Waals surface area (Å²) in [6, 6.07) is 10.4. The monoisotopic (exact) mass is 539 g/mol. The number of morpholine rings is 1. The molecule has 2 aliphatic rings. The Labute approximate surface area is 202 Å². The van der Waals surface area contributed by atoms with E-state index in [2.05, 4.69) is 41.4 Å². The second-order valence-corrected chi connectivity index (χ2v) is 8.13. The molecule has 3 heterocycles. The van der Waals surface area contributed by atoms with Gasteiger partial charge in [-0.15, -0.1) is 24.0 Å². The van der Waals surface area contributed by atoms with Crippen LogP contribution >= 0.6 is 24.0 Å². The molecule has 2 saturated heterocycles. The van der Waals surface area contributed by atoms with Gasteiger partial charge in [-0.25, -0.2) is 9.98 Å². The van der Waals surface area contributed by atoms with Gasteiger partial charge in [0.25, 0.3) is 0 Å². The van der Waals surface area contributed by atoms with E-state index in [0.717, 1.165) is 61.8 Å².